The molecule has 7 heteroatoms. The standard InChI is InChI=1S/C20H13ClN4O2/c21-16-9-3-1-7-14(16)19(26)23-17-10-4-2-8-15(17)20-24-18(25-27-20)13-6-5-11-22-12-13/h1-12H,(H,23,26). The maximum Gasteiger partial charge on any atom is 0.260 e. The molecule has 0 aliphatic rings. The summed E-state index contributed by atoms with van der Waals surface area (Å²) in [5, 5.41) is 7.23. The van der Waals surface area contributed by atoms with Crippen LogP contribution in [0.4, 0.5) is 5.69 Å². The van der Waals surface area contributed by atoms with E-state index in [1.807, 2.05) is 18.2 Å². The van der Waals surface area contributed by atoms with Gasteiger partial charge in [0.05, 0.1) is 21.8 Å². The van der Waals surface area contributed by atoms with Gasteiger partial charge >= 0.3 is 0 Å². The number of hydrogen-bond acceptors (Lipinski definition) is 5. The second-order valence-electron chi connectivity index (χ2n) is 5.64. The molecule has 2 aromatic carbocycles. The Bertz CT molecular complexity index is 1100. The van der Waals surface area contributed by atoms with Gasteiger partial charge in [0.25, 0.3) is 11.8 Å². The normalized spacial score (nSPS) is 10.6. The van der Waals surface area contributed by atoms with Crippen molar-refractivity contribution in [3.8, 4) is 22.8 Å². The van der Waals surface area contributed by atoms with E-state index >= 15 is 0 Å². The summed E-state index contributed by atoms with van der Waals surface area (Å²) in [4.78, 5) is 21.0. The molecule has 0 atom stereocenters. The van der Waals surface area contributed by atoms with Crippen LogP contribution in [0.25, 0.3) is 22.8 Å². The molecule has 4 aromatic rings. The highest BCUT2D eigenvalue weighted by Crippen LogP contribution is 2.29. The summed E-state index contributed by atoms with van der Waals surface area (Å²) < 4.78 is 5.39. The predicted octanol–water partition coefficient (Wildman–Crippen LogP) is 4.70. The number of nitrogens with zero attached hydrogens (tertiary/aromatic N) is 3. The van der Waals surface area contributed by atoms with E-state index in [0.717, 1.165) is 5.56 Å². The summed E-state index contributed by atoms with van der Waals surface area (Å²) in [7, 11) is 0. The molecule has 132 valence electrons. The summed E-state index contributed by atoms with van der Waals surface area (Å²) in [5.41, 5.74) is 2.28. The van der Waals surface area contributed by atoms with Crippen molar-refractivity contribution in [1.82, 2.24) is 15.1 Å². The van der Waals surface area contributed by atoms with Crippen molar-refractivity contribution in [2.24, 2.45) is 0 Å². The van der Waals surface area contributed by atoms with Crippen LogP contribution in [0, 0.1) is 0 Å². The van der Waals surface area contributed by atoms with Crippen LogP contribution in [0.15, 0.2) is 77.6 Å². The van der Waals surface area contributed by atoms with E-state index in [4.69, 9.17) is 16.1 Å². The fraction of sp³-hybridized carbons (Fsp3) is 0. The molecule has 0 unspecified atom stereocenters. The summed E-state index contributed by atoms with van der Waals surface area (Å²) in [5.74, 6) is 0.397. The Balaban J connectivity index is 1.65. The van der Waals surface area contributed by atoms with Crippen LogP contribution in [0.3, 0.4) is 0 Å². The van der Waals surface area contributed by atoms with E-state index in [1.54, 1.807) is 54.9 Å². The van der Waals surface area contributed by atoms with Crippen molar-refractivity contribution in [2.75, 3.05) is 5.32 Å². The number of pyridine rings is 1. The summed E-state index contributed by atoms with van der Waals surface area (Å²) >= 11 is 6.11. The lowest BCUT2D eigenvalue weighted by Gasteiger charge is -2.09. The average molecular weight is 377 g/mol. The first-order valence-electron chi connectivity index (χ1n) is 8.12. The van der Waals surface area contributed by atoms with E-state index in [9.17, 15) is 4.79 Å². The van der Waals surface area contributed by atoms with Crippen molar-refractivity contribution in [3.63, 3.8) is 0 Å². The van der Waals surface area contributed by atoms with E-state index in [-0.39, 0.29) is 5.91 Å². The third kappa shape index (κ3) is 3.56. The van der Waals surface area contributed by atoms with Gasteiger partial charge in [-0.3, -0.25) is 9.78 Å². The van der Waals surface area contributed by atoms with E-state index < -0.39 is 0 Å². The minimum atomic E-state index is -0.319. The predicted molar refractivity (Wildman–Crippen MR) is 102 cm³/mol. The molecule has 0 spiro atoms. The molecule has 2 aromatic heterocycles. The Morgan fingerprint density at radius 3 is 2.63 bits per heavy atom. The number of carbonyl (C=O) groups is 1. The van der Waals surface area contributed by atoms with Crippen molar-refractivity contribution >= 4 is 23.2 Å². The molecule has 1 N–H and O–H groups in total. The lowest BCUT2D eigenvalue weighted by Crippen LogP contribution is -2.13. The molecule has 0 saturated carbocycles. The number of carbonyl (C=O) groups excluding carboxylic acids is 1. The molecule has 0 aliphatic heterocycles. The second kappa shape index (κ2) is 7.39. The fourth-order valence-corrected chi connectivity index (χ4v) is 2.78. The lowest BCUT2D eigenvalue weighted by atomic mass is 10.1. The highest BCUT2D eigenvalue weighted by atomic mass is 35.5. The van der Waals surface area contributed by atoms with Crippen LogP contribution < -0.4 is 5.32 Å². The van der Waals surface area contributed by atoms with Gasteiger partial charge < -0.3 is 9.84 Å². The SMILES string of the molecule is O=C(Nc1ccccc1-c1nc(-c2cccnc2)no1)c1ccccc1Cl. The Labute approximate surface area is 159 Å². The first kappa shape index (κ1) is 16.9. The molecule has 6 nitrogen and oxygen atoms in total. The molecule has 0 saturated heterocycles. The third-order valence-electron chi connectivity index (χ3n) is 3.87. The van der Waals surface area contributed by atoms with E-state index in [2.05, 4.69) is 20.4 Å². The van der Waals surface area contributed by atoms with Crippen LogP contribution in [-0.2, 0) is 0 Å². The van der Waals surface area contributed by atoms with Gasteiger partial charge in [-0.15, -0.1) is 0 Å². The highest BCUT2D eigenvalue weighted by molar-refractivity contribution is 6.34. The highest BCUT2D eigenvalue weighted by Gasteiger charge is 2.17. The first-order valence-corrected chi connectivity index (χ1v) is 8.49. The molecular weight excluding hydrogens is 364 g/mol. The zero-order valence-electron chi connectivity index (χ0n) is 14.0. The second-order valence-corrected chi connectivity index (χ2v) is 6.05. The molecule has 0 aliphatic carbocycles. The smallest absolute Gasteiger partial charge is 0.260 e. The maximum absolute atomic E-state index is 12.6. The number of benzene rings is 2. The van der Waals surface area contributed by atoms with Gasteiger partial charge in [0.2, 0.25) is 5.82 Å². The Kier molecular flexibility index (Phi) is 4.63. The molecule has 0 bridgehead atoms. The fourth-order valence-electron chi connectivity index (χ4n) is 2.56. The Hall–Kier alpha value is -3.51. The van der Waals surface area contributed by atoms with Gasteiger partial charge in [-0.1, -0.05) is 41.0 Å². The molecule has 4 rings (SSSR count). The Morgan fingerprint density at radius 2 is 1.81 bits per heavy atom. The third-order valence-corrected chi connectivity index (χ3v) is 4.20. The van der Waals surface area contributed by atoms with Gasteiger partial charge in [-0.2, -0.15) is 4.98 Å². The van der Waals surface area contributed by atoms with Crippen LogP contribution in [0.2, 0.25) is 5.02 Å². The summed E-state index contributed by atoms with van der Waals surface area (Å²) in [6.07, 6.45) is 3.32. The number of amides is 1. The van der Waals surface area contributed by atoms with Crippen molar-refractivity contribution in [1.29, 1.82) is 0 Å². The zero-order valence-corrected chi connectivity index (χ0v) is 14.7. The monoisotopic (exact) mass is 376 g/mol. The molecule has 27 heavy (non-hydrogen) atoms. The topological polar surface area (TPSA) is 80.9 Å². The number of hydrogen-bond donors (Lipinski definition) is 1. The summed E-state index contributed by atoms with van der Waals surface area (Å²) in [6, 6.07) is 17.7. The Morgan fingerprint density at radius 1 is 1.00 bits per heavy atom. The van der Waals surface area contributed by atoms with Gasteiger partial charge in [0.15, 0.2) is 0 Å². The zero-order chi connectivity index (χ0) is 18.6. The number of aromatic nitrogens is 3. The minimum absolute atomic E-state index is 0.295. The number of nitrogens with one attached hydrogen (secondary N) is 1. The molecular formula is C20H13ClN4O2. The molecule has 2 heterocycles. The van der Waals surface area contributed by atoms with Crippen molar-refractivity contribution < 1.29 is 9.32 Å². The van der Waals surface area contributed by atoms with Gasteiger partial charge in [0, 0.05) is 18.0 Å². The minimum Gasteiger partial charge on any atom is -0.334 e. The number of rotatable bonds is 4. The number of para-hydroxylation sites is 1. The van der Waals surface area contributed by atoms with Gasteiger partial charge in [0.1, 0.15) is 0 Å². The van der Waals surface area contributed by atoms with E-state index in [0.29, 0.717) is 33.6 Å². The van der Waals surface area contributed by atoms with E-state index in [1.165, 1.54) is 0 Å². The maximum atomic E-state index is 12.6. The lowest BCUT2D eigenvalue weighted by molar-refractivity contribution is 0.102. The number of anilines is 1. The van der Waals surface area contributed by atoms with Crippen LogP contribution in [0.5, 0.6) is 0 Å². The van der Waals surface area contributed by atoms with Crippen molar-refractivity contribution in [3.05, 3.63) is 83.6 Å². The summed E-state index contributed by atoms with van der Waals surface area (Å²) in [6.45, 7) is 0. The molecule has 0 radical (unpaired) electrons. The molecule has 0 fully saturated rings. The largest absolute Gasteiger partial charge is 0.334 e. The van der Waals surface area contributed by atoms with Crippen LogP contribution in [-0.4, -0.2) is 21.0 Å². The first-order chi connectivity index (χ1) is 13.2. The average Bonchev–Trinajstić information content (AvgIpc) is 3.19. The van der Waals surface area contributed by atoms with Crippen LogP contribution >= 0.6 is 11.6 Å². The van der Waals surface area contributed by atoms with Gasteiger partial charge in [-0.05, 0) is 36.4 Å². The quantitative estimate of drug-likeness (QED) is 0.558. The van der Waals surface area contributed by atoms with Gasteiger partial charge in [-0.25, -0.2) is 0 Å². The number of halogens is 1. The van der Waals surface area contributed by atoms with Crippen LogP contribution in [0.1, 0.15) is 10.4 Å². The van der Waals surface area contributed by atoms with Crippen molar-refractivity contribution in [2.45, 2.75) is 0 Å². The molecule has 1 amide bonds.